The summed E-state index contributed by atoms with van der Waals surface area (Å²) in [6, 6.07) is 6.18. The number of hydrogen-bond donors (Lipinski definition) is 0. The smallest absolute Gasteiger partial charge is 0.231 e. The minimum absolute atomic E-state index is 0.138. The van der Waals surface area contributed by atoms with Gasteiger partial charge in [0.05, 0.1) is 17.1 Å². The molecule has 0 spiro atoms. The number of fused-ring (bicyclic) bond motifs is 1. The van der Waals surface area contributed by atoms with Crippen molar-refractivity contribution in [1.82, 2.24) is 9.88 Å². The third-order valence-electron chi connectivity index (χ3n) is 5.46. The third kappa shape index (κ3) is 2.92. The number of aryl methyl sites for hydroxylation is 1. The van der Waals surface area contributed by atoms with Gasteiger partial charge in [-0.1, -0.05) is 6.07 Å². The van der Waals surface area contributed by atoms with Crippen molar-refractivity contribution >= 4 is 28.8 Å². The summed E-state index contributed by atoms with van der Waals surface area (Å²) < 4.78 is 0. The fourth-order valence-corrected chi connectivity index (χ4v) is 5.01. The number of hydrogen-bond acceptors (Lipinski definition) is 4. The van der Waals surface area contributed by atoms with E-state index in [1.807, 2.05) is 18.0 Å². The summed E-state index contributed by atoms with van der Waals surface area (Å²) in [4.78, 5) is 33.4. The molecule has 5 nitrogen and oxygen atoms in total. The second-order valence-corrected chi connectivity index (χ2v) is 8.47. The van der Waals surface area contributed by atoms with E-state index in [1.54, 1.807) is 23.2 Å². The number of rotatable bonds is 2. The number of likely N-dealkylation sites (tertiary alicyclic amines) is 1. The van der Waals surface area contributed by atoms with Crippen molar-refractivity contribution in [2.75, 3.05) is 25.0 Å². The molecule has 2 aliphatic rings. The second-order valence-electron chi connectivity index (χ2n) is 7.23. The molecular formula is C20H23N3O2S. The highest BCUT2D eigenvalue weighted by Crippen LogP contribution is 2.37. The molecule has 26 heavy (non-hydrogen) atoms. The summed E-state index contributed by atoms with van der Waals surface area (Å²) in [6.45, 7) is 5.37. The summed E-state index contributed by atoms with van der Waals surface area (Å²) >= 11 is 1.74. The number of benzene rings is 1. The van der Waals surface area contributed by atoms with Crippen LogP contribution in [-0.2, 0) is 16.0 Å². The van der Waals surface area contributed by atoms with Gasteiger partial charge in [-0.25, -0.2) is 4.98 Å². The topological polar surface area (TPSA) is 53.5 Å². The fraction of sp³-hybridized carbons (Fsp3) is 0.450. The van der Waals surface area contributed by atoms with E-state index in [1.165, 1.54) is 4.88 Å². The van der Waals surface area contributed by atoms with E-state index in [0.717, 1.165) is 53.4 Å². The van der Waals surface area contributed by atoms with Gasteiger partial charge in [0.2, 0.25) is 11.8 Å². The minimum atomic E-state index is 0.138. The number of nitrogens with zero attached hydrogens (tertiary/aromatic N) is 3. The molecule has 0 saturated carbocycles. The Labute approximate surface area is 157 Å². The van der Waals surface area contributed by atoms with Crippen molar-refractivity contribution < 1.29 is 9.59 Å². The molecule has 2 aliphatic heterocycles. The zero-order valence-corrected chi connectivity index (χ0v) is 16.2. The average Bonchev–Trinajstić information content (AvgIpc) is 3.15. The molecule has 6 heteroatoms. The molecule has 1 atom stereocenters. The lowest BCUT2D eigenvalue weighted by Crippen LogP contribution is -2.37. The van der Waals surface area contributed by atoms with Gasteiger partial charge in [-0.05, 0) is 37.5 Å². The van der Waals surface area contributed by atoms with Crippen LogP contribution in [0.1, 0.15) is 41.1 Å². The number of anilines is 1. The maximum absolute atomic E-state index is 11.9. The molecule has 0 aliphatic carbocycles. The maximum atomic E-state index is 11.9. The lowest BCUT2D eigenvalue weighted by molar-refractivity contribution is -0.130. The minimum Gasteiger partial charge on any atom is -0.342 e. The molecule has 0 radical (unpaired) electrons. The van der Waals surface area contributed by atoms with Crippen LogP contribution in [0.2, 0.25) is 0 Å². The van der Waals surface area contributed by atoms with Gasteiger partial charge in [0.1, 0.15) is 0 Å². The molecule has 1 fully saturated rings. The molecule has 2 amide bonds. The summed E-state index contributed by atoms with van der Waals surface area (Å²) in [7, 11) is 1.82. The van der Waals surface area contributed by atoms with Gasteiger partial charge in [0.15, 0.2) is 0 Å². The van der Waals surface area contributed by atoms with Crippen molar-refractivity contribution in [3.63, 3.8) is 0 Å². The van der Waals surface area contributed by atoms with Gasteiger partial charge in [-0.15, -0.1) is 11.3 Å². The van der Waals surface area contributed by atoms with Crippen LogP contribution >= 0.6 is 11.3 Å². The van der Waals surface area contributed by atoms with Crippen LogP contribution in [0.5, 0.6) is 0 Å². The average molecular weight is 369 g/mol. The van der Waals surface area contributed by atoms with E-state index in [2.05, 4.69) is 19.1 Å². The van der Waals surface area contributed by atoms with Crippen LogP contribution < -0.4 is 4.90 Å². The van der Waals surface area contributed by atoms with Crippen LogP contribution in [-0.4, -0.2) is 41.8 Å². The highest BCUT2D eigenvalue weighted by molar-refractivity contribution is 7.12. The predicted octanol–water partition coefficient (Wildman–Crippen LogP) is 3.36. The Balaban J connectivity index is 1.63. The van der Waals surface area contributed by atoms with Crippen molar-refractivity contribution in [2.24, 2.45) is 0 Å². The highest BCUT2D eigenvalue weighted by Gasteiger charge is 2.27. The Kier molecular flexibility index (Phi) is 4.31. The number of amides is 2. The van der Waals surface area contributed by atoms with E-state index in [9.17, 15) is 9.59 Å². The van der Waals surface area contributed by atoms with E-state index < -0.39 is 0 Å². The predicted molar refractivity (Wildman–Crippen MR) is 104 cm³/mol. The molecule has 136 valence electrons. The molecule has 3 heterocycles. The number of likely N-dealkylation sites (N-methyl/N-ethyl adjacent to an activating group) is 1. The number of thiazole rings is 1. The van der Waals surface area contributed by atoms with Crippen LogP contribution in [0, 0.1) is 6.92 Å². The summed E-state index contributed by atoms with van der Waals surface area (Å²) in [5.41, 5.74) is 4.15. The molecule has 1 unspecified atom stereocenters. The quantitative estimate of drug-likeness (QED) is 0.816. The number of carbonyl (C=O) groups is 2. The van der Waals surface area contributed by atoms with Crippen molar-refractivity contribution in [3.8, 4) is 11.3 Å². The zero-order chi connectivity index (χ0) is 18.4. The van der Waals surface area contributed by atoms with Crippen molar-refractivity contribution in [2.45, 2.75) is 39.0 Å². The number of carbonyl (C=O) groups excluding carboxylic acids is 2. The Morgan fingerprint density at radius 3 is 2.92 bits per heavy atom. The van der Waals surface area contributed by atoms with Gasteiger partial charge in [0, 0.05) is 49.1 Å². The lowest BCUT2D eigenvalue weighted by atomic mass is 9.98. The largest absolute Gasteiger partial charge is 0.342 e. The monoisotopic (exact) mass is 369 g/mol. The van der Waals surface area contributed by atoms with Gasteiger partial charge in [0.25, 0.3) is 0 Å². The summed E-state index contributed by atoms with van der Waals surface area (Å²) in [5.74, 6) is 0.613. The second kappa shape index (κ2) is 6.50. The number of piperidine rings is 1. The van der Waals surface area contributed by atoms with Gasteiger partial charge < -0.3 is 9.80 Å². The van der Waals surface area contributed by atoms with E-state index in [-0.39, 0.29) is 11.8 Å². The molecule has 1 aromatic heterocycles. The third-order valence-corrected chi connectivity index (χ3v) is 6.59. The Morgan fingerprint density at radius 2 is 2.15 bits per heavy atom. The first-order valence-corrected chi connectivity index (χ1v) is 9.88. The first-order valence-electron chi connectivity index (χ1n) is 9.06. The molecule has 4 rings (SSSR count). The summed E-state index contributed by atoms with van der Waals surface area (Å²) in [6.07, 6.45) is 2.58. The highest BCUT2D eigenvalue weighted by atomic mass is 32.1. The molecular weight excluding hydrogens is 346 g/mol. The van der Waals surface area contributed by atoms with E-state index >= 15 is 0 Å². The molecule has 2 aromatic rings. The van der Waals surface area contributed by atoms with Crippen LogP contribution in [0.3, 0.4) is 0 Å². The molecule has 1 aromatic carbocycles. The molecule has 0 bridgehead atoms. The Hall–Kier alpha value is -2.21. The summed E-state index contributed by atoms with van der Waals surface area (Å²) in [5, 5.41) is 1.12. The Morgan fingerprint density at radius 1 is 1.35 bits per heavy atom. The van der Waals surface area contributed by atoms with E-state index in [0.29, 0.717) is 12.3 Å². The Bertz CT molecular complexity index is 889. The first-order chi connectivity index (χ1) is 12.4. The van der Waals surface area contributed by atoms with Crippen LogP contribution in [0.25, 0.3) is 11.3 Å². The molecule has 0 N–H and O–H groups in total. The van der Waals surface area contributed by atoms with Gasteiger partial charge >= 0.3 is 0 Å². The fourth-order valence-electron chi connectivity index (χ4n) is 3.94. The SMILES string of the molecule is CC(=O)N1CCCC(c2nc(-c3ccc4c(c3)CC(=O)N4C)c(C)s2)C1. The van der Waals surface area contributed by atoms with Crippen LogP contribution in [0.15, 0.2) is 18.2 Å². The van der Waals surface area contributed by atoms with Gasteiger partial charge in [-0.3, -0.25) is 9.59 Å². The zero-order valence-electron chi connectivity index (χ0n) is 15.4. The first kappa shape index (κ1) is 17.2. The number of aromatic nitrogens is 1. The van der Waals surface area contributed by atoms with E-state index in [4.69, 9.17) is 4.98 Å². The maximum Gasteiger partial charge on any atom is 0.231 e. The lowest BCUT2D eigenvalue weighted by Gasteiger charge is -2.30. The van der Waals surface area contributed by atoms with Gasteiger partial charge in [-0.2, -0.15) is 0 Å². The standard InChI is InChI=1S/C20H23N3O2S/c1-12-19(14-6-7-17-16(9-14)10-18(25)22(17)3)21-20(26-12)15-5-4-8-23(11-15)13(2)24/h6-7,9,15H,4-5,8,10-11H2,1-3H3. The van der Waals surface area contributed by atoms with Crippen molar-refractivity contribution in [1.29, 1.82) is 0 Å². The van der Waals surface area contributed by atoms with Crippen molar-refractivity contribution in [3.05, 3.63) is 33.6 Å². The normalized spacial score (nSPS) is 19.8. The van der Waals surface area contributed by atoms with Crippen LogP contribution in [0.4, 0.5) is 5.69 Å². The molecule has 1 saturated heterocycles.